The Balaban J connectivity index is 1.41. The van der Waals surface area contributed by atoms with Crippen molar-refractivity contribution in [2.24, 2.45) is 10.9 Å². The molecule has 160 valence electrons. The summed E-state index contributed by atoms with van der Waals surface area (Å²) in [6, 6.07) is 10.4. The van der Waals surface area contributed by atoms with Crippen molar-refractivity contribution in [1.29, 1.82) is 0 Å². The number of carbonyl (C=O) groups excluding carboxylic acids is 1. The van der Waals surface area contributed by atoms with Crippen molar-refractivity contribution < 1.29 is 9.53 Å². The van der Waals surface area contributed by atoms with Gasteiger partial charge in [0.1, 0.15) is 0 Å². The fourth-order valence-corrected chi connectivity index (χ4v) is 4.81. The molecule has 1 amide bonds. The van der Waals surface area contributed by atoms with Gasteiger partial charge < -0.3 is 20.3 Å². The Morgan fingerprint density at radius 3 is 2.72 bits per heavy atom. The second-order valence-corrected chi connectivity index (χ2v) is 9.23. The first-order valence-electron chi connectivity index (χ1n) is 10.5. The lowest BCUT2D eigenvalue weighted by atomic mass is 9.99. The van der Waals surface area contributed by atoms with Crippen LogP contribution in [0.3, 0.4) is 0 Å². The van der Waals surface area contributed by atoms with E-state index in [1.54, 1.807) is 7.05 Å². The number of nitrogens with zero attached hydrogens (tertiary/aromatic N) is 2. The van der Waals surface area contributed by atoms with Crippen molar-refractivity contribution in [3.05, 3.63) is 35.9 Å². The van der Waals surface area contributed by atoms with E-state index in [0.717, 1.165) is 64.6 Å². The van der Waals surface area contributed by atoms with E-state index in [9.17, 15) is 4.79 Å². The Morgan fingerprint density at radius 1 is 1.28 bits per heavy atom. The molecular formula is C22H34N4O2S. The highest BCUT2D eigenvalue weighted by molar-refractivity contribution is 8.00. The van der Waals surface area contributed by atoms with Crippen LogP contribution < -0.4 is 10.6 Å². The molecule has 6 nitrogen and oxygen atoms in total. The summed E-state index contributed by atoms with van der Waals surface area (Å²) in [6.45, 7) is 4.92. The van der Waals surface area contributed by atoms with Gasteiger partial charge in [0.15, 0.2) is 5.96 Å². The molecule has 2 saturated heterocycles. The summed E-state index contributed by atoms with van der Waals surface area (Å²) in [5, 5.41) is 6.91. The molecule has 2 heterocycles. The van der Waals surface area contributed by atoms with Crippen LogP contribution in [0, 0.1) is 5.92 Å². The van der Waals surface area contributed by atoms with Crippen LogP contribution in [-0.2, 0) is 16.0 Å². The highest BCUT2D eigenvalue weighted by atomic mass is 32.2. The summed E-state index contributed by atoms with van der Waals surface area (Å²) in [4.78, 5) is 18.7. The molecule has 0 aliphatic carbocycles. The first-order valence-corrected chi connectivity index (χ1v) is 11.8. The standard InChI is InChI=1S/C22H34N4O2S/c1-23-21(25-17-22(29-2)9-12-28-13-10-22)24-15-19-14-20(27)26(16-19)11-8-18-6-4-3-5-7-18/h3-7,19H,8-17H2,1-2H3,(H2,23,24,25). The molecular weight excluding hydrogens is 384 g/mol. The van der Waals surface area contributed by atoms with Crippen molar-refractivity contribution >= 4 is 23.6 Å². The summed E-state index contributed by atoms with van der Waals surface area (Å²) in [5.41, 5.74) is 1.28. The van der Waals surface area contributed by atoms with Crippen molar-refractivity contribution in [3.63, 3.8) is 0 Å². The first-order chi connectivity index (χ1) is 14.1. The van der Waals surface area contributed by atoms with Crippen LogP contribution in [0.25, 0.3) is 0 Å². The zero-order valence-corrected chi connectivity index (χ0v) is 18.5. The average Bonchev–Trinajstić information content (AvgIpc) is 3.13. The smallest absolute Gasteiger partial charge is 0.223 e. The molecule has 1 aromatic carbocycles. The number of hydrogen-bond donors (Lipinski definition) is 2. The van der Waals surface area contributed by atoms with Crippen LogP contribution in [0.1, 0.15) is 24.8 Å². The van der Waals surface area contributed by atoms with E-state index in [1.165, 1.54) is 5.56 Å². The van der Waals surface area contributed by atoms with Gasteiger partial charge in [-0.2, -0.15) is 11.8 Å². The SMILES string of the molecule is CN=C(NCC1CC(=O)N(CCc2ccccc2)C1)NCC1(SC)CCOCC1. The zero-order chi connectivity index (χ0) is 20.5. The number of rotatable bonds is 8. The molecule has 2 aliphatic rings. The second-order valence-electron chi connectivity index (χ2n) is 7.95. The van der Waals surface area contributed by atoms with Crippen molar-refractivity contribution in [1.82, 2.24) is 15.5 Å². The molecule has 1 unspecified atom stereocenters. The molecule has 2 N–H and O–H groups in total. The van der Waals surface area contributed by atoms with Crippen LogP contribution in [0.5, 0.6) is 0 Å². The number of amides is 1. The van der Waals surface area contributed by atoms with Gasteiger partial charge in [-0.15, -0.1) is 0 Å². The summed E-state index contributed by atoms with van der Waals surface area (Å²) < 4.78 is 5.74. The van der Waals surface area contributed by atoms with E-state index in [4.69, 9.17) is 4.74 Å². The van der Waals surface area contributed by atoms with Gasteiger partial charge in [0.25, 0.3) is 0 Å². The normalized spacial score (nSPS) is 22.0. The predicted octanol–water partition coefficient (Wildman–Crippen LogP) is 2.15. The Labute approximate surface area is 178 Å². The Kier molecular flexibility index (Phi) is 8.24. The minimum atomic E-state index is 0.216. The van der Waals surface area contributed by atoms with Crippen LogP contribution in [0.2, 0.25) is 0 Å². The molecule has 0 aromatic heterocycles. The molecule has 1 atom stereocenters. The summed E-state index contributed by atoms with van der Waals surface area (Å²) in [6.07, 6.45) is 5.83. The minimum Gasteiger partial charge on any atom is -0.381 e. The van der Waals surface area contributed by atoms with Crippen molar-refractivity contribution in [3.8, 4) is 0 Å². The largest absolute Gasteiger partial charge is 0.381 e. The maximum absolute atomic E-state index is 12.4. The average molecular weight is 419 g/mol. The number of likely N-dealkylation sites (tertiary alicyclic amines) is 1. The lowest BCUT2D eigenvalue weighted by molar-refractivity contribution is -0.127. The molecule has 2 aliphatic heterocycles. The van der Waals surface area contributed by atoms with E-state index in [1.807, 2.05) is 34.9 Å². The number of carbonyl (C=O) groups is 1. The van der Waals surface area contributed by atoms with E-state index < -0.39 is 0 Å². The van der Waals surface area contributed by atoms with E-state index in [2.05, 4.69) is 34.0 Å². The second kappa shape index (κ2) is 10.9. The molecule has 0 spiro atoms. The summed E-state index contributed by atoms with van der Waals surface area (Å²) >= 11 is 1.92. The van der Waals surface area contributed by atoms with Crippen molar-refractivity contribution in [2.75, 3.05) is 52.7 Å². The topological polar surface area (TPSA) is 66.0 Å². The van der Waals surface area contributed by atoms with Gasteiger partial charge in [-0.25, -0.2) is 0 Å². The fraction of sp³-hybridized carbons (Fsp3) is 0.636. The van der Waals surface area contributed by atoms with Gasteiger partial charge in [0, 0.05) is 63.5 Å². The van der Waals surface area contributed by atoms with E-state index in [0.29, 0.717) is 12.3 Å². The first kappa shape index (κ1) is 22.0. The van der Waals surface area contributed by atoms with Gasteiger partial charge in [-0.1, -0.05) is 30.3 Å². The third-order valence-electron chi connectivity index (χ3n) is 6.00. The lowest BCUT2D eigenvalue weighted by Crippen LogP contribution is -2.48. The highest BCUT2D eigenvalue weighted by Crippen LogP contribution is 2.32. The van der Waals surface area contributed by atoms with E-state index >= 15 is 0 Å². The van der Waals surface area contributed by atoms with Crippen LogP contribution in [0.15, 0.2) is 35.3 Å². The highest BCUT2D eigenvalue weighted by Gasteiger charge is 2.32. The van der Waals surface area contributed by atoms with Gasteiger partial charge in [0.2, 0.25) is 5.91 Å². The van der Waals surface area contributed by atoms with Gasteiger partial charge in [-0.05, 0) is 31.1 Å². The molecule has 3 rings (SSSR count). The Bertz CT molecular complexity index is 677. The Morgan fingerprint density at radius 2 is 2.03 bits per heavy atom. The maximum atomic E-state index is 12.4. The van der Waals surface area contributed by atoms with Crippen LogP contribution in [0.4, 0.5) is 0 Å². The molecule has 1 aromatic rings. The van der Waals surface area contributed by atoms with Gasteiger partial charge in [-0.3, -0.25) is 9.79 Å². The van der Waals surface area contributed by atoms with E-state index in [-0.39, 0.29) is 10.7 Å². The van der Waals surface area contributed by atoms with Crippen LogP contribution >= 0.6 is 11.8 Å². The number of benzene rings is 1. The number of hydrogen-bond acceptors (Lipinski definition) is 4. The molecule has 29 heavy (non-hydrogen) atoms. The quantitative estimate of drug-likeness (QED) is 0.500. The maximum Gasteiger partial charge on any atom is 0.223 e. The molecule has 7 heteroatoms. The minimum absolute atomic E-state index is 0.216. The predicted molar refractivity (Wildman–Crippen MR) is 120 cm³/mol. The van der Waals surface area contributed by atoms with Gasteiger partial charge in [0.05, 0.1) is 0 Å². The molecule has 0 saturated carbocycles. The van der Waals surface area contributed by atoms with Crippen LogP contribution in [-0.4, -0.2) is 74.2 Å². The monoisotopic (exact) mass is 418 g/mol. The summed E-state index contributed by atoms with van der Waals surface area (Å²) in [7, 11) is 1.80. The number of guanidine groups is 1. The zero-order valence-electron chi connectivity index (χ0n) is 17.7. The molecule has 0 bridgehead atoms. The third kappa shape index (κ3) is 6.37. The van der Waals surface area contributed by atoms with Crippen molar-refractivity contribution in [2.45, 2.75) is 30.4 Å². The fourth-order valence-electron chi connectivity index (χ4n) is 4.02. The number of aliphatic imine (C=N–C) groups is 1. The summed E-state index contributed by atoms with van der Waals surface area (Å²) in [5.74, 6) is 1.41. The van der Waals surface area contributed by atoms with Gasteiger partial charge >= 0.3 is 0 Å². The number of nitrogens with one attached hydrogen (secondary N) is 2. The Hall–Kier alpha value is -1.73. The number of ether oxygens (including phenoxy) is 1. The molecule has 2 fully saturated rings. The number of thioether (sulfide) groups is 1. The molecule has 0 radical (unpaired) electrons. The third-order valence-corrected chi connectivity index (χ3v) is 7.42. The lowest BCUT2D eigenvalue weighted by Gasteiger charge is -2.36.